The minimum Gasteiger partial charge on any atom is -0.334 e. The first kappa shape index (κ1) is 21.0. The lowest BCUT2D eigenvalue weighted by molar-refractivity contribution is -0.383. The van der Waals surface area contributed by atoms with Gasteiger partial charge >= 0.3 is 11.9 Å². The van der Waals surface area contributed by atoms with E-state index in [1.54, 1.807) is 12.1 Å². The van der Waals surface area contributed by atoms with Gasteiger partial charge in [0.05, 0.1) is 16.0 Å². The lowest BCUT2D eigenvalue weighted by Crippen LogP contribution is -2.07. The molecule has 0 saturated heterocycles. The number of hydrogen-bond donors (Lipinski definition) is 2. The molecule has 2 heterocycles. The van der Waals surface area contributed by atoms with Crippen LogP contribution >= 0.6 is 0 Å². The van der Waals surface area contributed by atoms with Crippen molar-refractivity contribution in [1.29, 1.82) is 0 Å². The van der Waals surface area contributed by atoms with Gasteiger partial charge in [-0.2, -0.15) is 13.2 Å². The molecule has 2 aromatic heterocycles. The van der Waals surface area contributed by atoms with Crippen LogP contribution in [0, 0.1) is 17.0 Å². The summed E-state index contributed by atoms with van der Waals surface area (Å²) in [7, 11) is 0. The number of aryl methyl sites for hydroxylation is 1. The molecule has 0 amide bonds. The number of pyridine rings is 1. The summed E-state index contributed by atoms with van der Waals surface area (Å²) in [6.45, 7) is 1.85. The van der Waals surface area contributed by atoms with Gasteiger partial charge in [-0.05, 0) is 49.4 Å². The number of anilines is 4. The summed E-state index contributed by atoms with van der Waals surface area (Å²) in [5.41, 5.74) is 0.626. The lowest BCUT2D eigenvalue weighted by Gasteiger charge is -2.13. The summed E-state index contributed by atoms with van der Waals surface area (Å²) in [6.07, 6.45) is -3.47. The van der Waals surface area contributed by atoms with Crippen molar-refractivity contribution in [2.75, 3.05) is 10.6 Å². The van der Waals surface area contributed by atoms with Gasteiger partial charge in [0, 0.05) is 22.5 Å². The second-order valence-corrected chi connectivity index (χ2v) is 6.83. The predicted molar refractivity (Wildman–Crippen MR) is 113 cm³/mol. The second kappa shape index (κ2) is 8.10. The number of benzene rings is 2. The Kier molecular flexibility index (Phi) is 5.31. The number of nitrogens with zero attached hydrogens (tertiary/aromatic N) is 4. The van der Waals surface area contributed by atoms with Crippen LogP contribution in [0.5, 0.6) is 0 Å². The number of nitro groups is 1. The molecule has 0 aliphatic rings. The minimum absolute atomic E-state index is 0.00240. The van der Waals surface area contributed by atoms with E-state index >= 15 is 0 Å². The summed E-state index contributed by atoms with van der Waals surface area (Å²) >= 11 is 0. The van der Waals surface area contributed by atoms with Gasteiger partial charge in [-0.15, -0.1) is 0 Å². The number of rotatable bonds is 5. The molecular weight excluding hydrogens is 425 g/mol. The maximum Gasteiger partial charge on any atom is 0.416 e. The summed E-state index contributed by atoms with van der Waals surface area (Å²) in [4.78, 5) is 23.4. The van der Waals surface area contributed by atoms with Crippen LogP contribution in [0.4, 0.5) is 41.9 Å². The fourth-order valence-corrected chi connectivity index (χ4v) is 3.14. The highest BCUT2D eigenvalue weighted by Crippen LogP contribution is 2.36. The molecule has 162 valence electrons. The number of fused-ring (bicyclic) bond motifs is 1. The van der Waals surface area contributed by atoms with Crippen molar-refractivity contribution in [2.45, 2.75) is 13.1 Å². The molecule has 4 rings (SSSR count). The van der Waals surface area contributed by atoms with Crippen molar-refractivity contribution in [2.24, 2.45) is 0 Å². The van der Waals surface area contributed by atoms with Gasteiger partial charge in [0.15, 0.2) is 0 Å². The third-order valence-corrected chi connectivity index (χ3v) is 4.58. The summed E-state index contributed by atoms with van der Waals surface area (Å²) in [5.74, 6) is -0.367. The van der Waals surface area contributed by atoms with E-state index < -0.39 is 22.4 Å². The monoisotopic (exact) mass is 440 g/mol. The fourth-order valence-electron chi connectivity index (χ4n) is 3.14. The fraction of sp³-hybridized carbons (Fsp3) is 0.0952. The van der Waals surface area contributed by atoms with Crippen molar-refractivity contribution in [3.63, 3.8) is 0 Å². The third kappa shape index (κ3) is 4.26. The highest BCUT2D eigenvalue weighted by atomic mass is 19.4. The normalized spacial score (nSPS) is 11.4. The maximum atomic E-state index is 13.0. The van der Waals surface area contributed by atoms with E-state index in [-0.39, 0.29) is 17.3 Å². The molecular formula is C21H15F3N6O2. The van der Waals surface area contributed by atoms with Crippen molar-refractivity contribution in [3.8, 4) is 0 Å². The van der Waals surface area contributed by atoms with Gasteiger partial charge < -0.3 is 10.6 Å². The zero-order valence-electron chi connectivity index (χ0n) is 16.5. The van der Waals surface area contributed by atoms with Crippen LogP contribution in [-0.4, -0.2) is 19.9 Å². The van der Waals surface area contributed by atoms with E-state index in [9.17, 15) is 23.3 Å². The summed E-state index contributed by atoms with van der Waals surface area (Å²) in [5, 5.41) is 18.0. The van der Waals surface area contributed by atoms with Crippen LogP contribution in [0.15, 0.2) is 60.9 Å². The highest BCUT2D eigenvalue weighted by molar-refractivity contribution is 5.94. The van der Waals surface area contributed by atoms with E-state index in [2.05, 4.69) is 25.6 Å². The zero-order valence-corrected chi connectivity index (χ0v) is 16.5. The largest absolute Gasteiger partial charge is 0.416 e. The predicted octanol–water partition coefficient (Wildman–Crippen LogP) is 5.75. The average molecular weight is 440 g/mol. The smallest absolute Gasteiger partial charge is 0.334 e. The Morgan fingerprint density at radius 3 is 2.41 bits per heavy atom. The lowest BCUT2D eigenvalue weighted by atomic mass is 10.1. The molecule has 0 atom stereocenters. The molecule has 0 aliphatic heterocycles. The van der Waals surface area contributed by atoms with Crippen LogP contribution in [0.2, 0.25) is 0 Å². The molecule has 0 saturated carbocycles. The average Bonchev–Trinajstić information content (AvgIpc) is 2.73. The topological polar surface area (TPSA) is 106 Å². The molecule has 0 bridgehead atoms. The molecule has 2 aromatic carbocycles. The van der Waals surface area contributed by atoms with Crippen molar-refractivity contribution >= 4 is 39.6 Å². The Hall–Kier alpha value is -4.28. The summed E-state index contributed by atoms with van der Waals surface area (Å²) in [6, 6.07) is 13.2. The van der Waals surface area contributed by atoms with Crippen LogP contribution in [0.25, 0.3) is 10.9 Å². The van der Waals surface area contributed by atoms with Crippen LogP contribution in [0.3, 0.4) is 0 Å². The van der Waals surface area contributed by atoms with Crippen LogP contribution < -0.4 is 10.6 Å². The Balaban J connectivity index is 1.73. The SMILES string of the molecule is Cc1ccc2c(Nc3ncnc(Nc4cccc(C(F)(F)F)c4)c3[N+](=O)[O-])cccc2n1. The highest BCUT2D eigenvalue weighted by Gasteiger charge is 2.31. The van der Waals surface area contributed by atoms with Gasteiger partial charge in [0.25, 0.3) is 0 Å². The van der Waals surface area contributed by atoms with Gasteiger partial charge in [-0.3, -0.25) is 15.1 Å². The van der Waals surface area contributed by atoms with Crippen LogP contribution in [0.1, 0.15) is 11.3 Å². The number of aromatic nitrogens is 3. The zero-order chi connectivity index (χ0) is 22.9. The number of hydrogen-bond acceptors (Lipinski definition) is 7. The van der Waals surface area contributed by atoms with E-state index in [1.807, 2.05) is 25.1 Å². The van der Waals surface area contributed by atoms with Crippen molar-refractivity contribution in [3.05, 3.63) is 82.3 Å². The Morgan fingerprint density at radius 1 is 0.969 bits per heavy atom. The molecule has 8 nitrogen and oxygen atoms in total. The van der Waals surface area contributed by atoms with Gasteiger partial charge in [0.2, 0.25) is 11.6 Å². The second-order valence-electron chi connectivity index (χ2n) is 6.83. The molecule has 4 aromatic rings. The standard InChI is InChI=1S/C21H15F3N6O2/c1-12-8-9-15-16(27-12)6-3-7-17(15)29-20-18(30(31)32)19(25-11-26-20)28-14-5-2-4-13(10-14)21(22,23)24/h2-11H,1H3,(H2,25,26,28,29). The maximum absolute atomic E-state index is 13.0. The van der Waals surface area contributed by atoms with E-state index in [0.29, 0.717) is 11.2 Å². The molecule has 0 unspecified atom stereocenters. The van der Waals surface area contributed by atoms with Crippen molar-refractivity contribution < 1.29 is 18.1 Å². The Labute approximate surface area is 179 Å². The molecule has 2 N–H and O–H groups in total. The van der Waals surface area contributed by atoms with Gasteiger partial charge in [0.1, 0.15) is 6.33 Å². The van der Waals surface area contributed by atoms with Gasteiger partial charge in [-0.25, -0.2) is 9.97 Å². The van der Waals surface area contributed by atoms with E-state index in [4.69, 9.17) is 0 Å². The Morgan fingerprint density at radius 2 is 1.69 bits per heavy atom. The minimum atomic E-state index is -4.55. The number of nitrogens with one attached hydrogen (secondary N) is 2. The molecule has 32 heavy (non-hydrogen) atoms. The molecule has 0 aliphatic carbocycles. The number of alkyl halides is 3. The van der Waals surface area contributed by atoms with Gasteiger partial charge in [-0.1, -0.05) is 12.1 Å². The van der Waals surface area contributed by atoms with E-state index in [1.165, 1.54) is 12.1 Å². The number of halogens is 3. The first-order valence-corrected chi connectivity index (χ1v) is 9.29. The first-order chi connectivity index (χ1) is 15.2. The summed E-state index contributed by atoms with van der Waals surface area (Å²) < 4.78 is 39.0. The third-order valence-electron chi connectivity index (χ3n) is 4.58. The van der Waals surface area contributed by atoms with Crippen molar-refractivity contribution in [1.82, 2.24) is 15.0 Å². The van der Waals surface area contributed by atoms with Crippen LogP contribution in [-0.2, 0) is 6.18 Å². The van der Waals surface area contributed by atoms with E-state index in [0.717, 1.165) is 29.5 Å². The first-order valence-electron chi connectivity index (χ1n) is 9.29. The Bertz CT molecular complexity index is 1330. The quantitative estimate of drug-likeness (QED) is 0.301. The molecule has 11 heteroatoms. The molecule has 0 radical (unpaired) electrons. The molecule has 0 spiro atoms. The molecule has 0 fully saturated rings.